The van der Waals surface area contributed by atoms with Crippen LogP contribution in [0.4, 0.5) is 0 Å². The van der Waals surface area contributed by atoms with Crippen LogP contribution in [0.25, 0.3) is 0 Å². The number of hydrogen-bond acceptors (Lipinski definition) is 3. The molecule has 4 nitrogen and oxygen atoms in total. The van der Waals surface area contributed by atoms with E-state index in [-0.39, 0.29) is 23.0 Å². The Morgan fingerprint density at radius 2 is 1.66 bits per heavy atom. The molecule has 0 aromatic rings. The molecule has 0 radical (unpaired) electrons. The van der Waals surface area contributed by atoms with Crippen molar-refractivity contribution in [1.82, 2.24) is 0 Å². The smallest absolute Gasteiger partial charge is 0.303 e. The Morgan fingerprint density at radius 3 is 2.29 bits per heavy atom. The molecule has 5 heteroatoms. The van der Waals surface area contributed by atoms with E-state index in [0.29, 0.717) is 47.0 Å². The molecule has 0 heterocycles. The maximum absolute atomic E-state index is 11.7. The largest absolute Gasteiger partial charge is 0.481 e. The van der Waals surface area contributed by atoms with Gasteiger partial charge in [-0.15, -0.1) is 0 Å². The van der Waals surface area contributed by atoms with Crippen LogP contribution in [0, 0.1) is 46.3 Å². The highest BCUT2D eigenvalue weighted by molar-refractivity contribution is 6.74. The first-order valence-electron chi connectivity index (χ1n) is 14.7. The second-order valence-corrected chi connectivity index (χ2v) is 20.0. The van der Waals surface area contributed by atoms with Gasteiger partial charge < -0.3 is 14.6 Å². The van der Waals surface area contributed by atoms with E-state index in [1.165, 1.54) is 38.5 Å². The monoisotopic (exact) mass is 506 g/mol. The molecular weight excluding hydrogens is 452 g/mol. The van der Waals surface area contributed by atoms with E-state index >= 15 is 0 Å². The molecule has 10 atom stereocenters. The standard InChI is InChI=1S/C30H54O4Si/c1-19(9-12-26(32)33)22-10-11-23-27-24(14-16-30(22,23)6)29(5)15-13-21(17-20(29)18-25(27)31)34-35(7,8)28(2,3)4/h19-25,27,31H,9-18H2,1-8H3,(H,32,33)/t19?,20-,21+,22+,23-,24-,25-,27-,29-,30+/m0/s1. The molecule has 0 aromatic carbocycles. The Hall–Kier alpha value is -0.393. The number of aliphatic hydroxyl groups excluding tert-OH is 1. The molecule has 4 rings (SSSR count). The van der Waals surface area contributed by atoms with E-state index in [0.717, 1.165) is 19.3 Å². The van der Waals surface area contributed by atoms with Crippen molar-refractivity contribution in [2.75, 3.05) is 0 Å². The highest BCUT2D eigenvalue weighted by Gasteiger charge is 2.63. The summed E-state index contributed by atoms with van der Waals surface area (Å²) in [5.41, 5.74) is 0.581. The van der Waals surface area contributed by atoms with Gasteiger partial charge in [0.15, 0.2) is 8.32 Å². The summed E-state index contributed by atoms with van der Waals surface area (Å²) in [6, 6.07) is 0. The Labute approximate surface area is 216 Å². The van der Waals surface area contributed by atoms with Crippen molar-refractivity contribution in [3.63, 3.8) is 0 Å². The average Bonchev–Trinajstić information content (AvgIpc) is 3.09. The topological polar surface area (TPSA) is 66.8 Å². The van der Waals surface area contributed by atoms with Gasteiger partial charge in [-0.1, -0.05) is 41.5 Å². The van der Waals surface area contributed by atoms with Crippen LogP contribution in [0.3, 0.4) is 0 Å². The van der Waals surface area contributed by atoms with Gasteiger partial charge in [-0.25, -0.2) is 0 Å². The van der Waals surface area contributed by atoms with Crippen LogP contribution >= 0.6 is 0 Å². The fourth-order valence-electron chi connectivity index (χ4n) is 9.41. The normalized spacial score (nSPS) is 44.8. The third-order valence-corrected chi connectivity index (χ3v) is 17.0. The van der Waals surface area contributed by atoms with Crippen LogP contribution in [-0.2, 0) is 9.22 Å². The van der Waals surface area contributed by atoms with Crippen LogP contribution in [0.15, 0.2) is 0 Å². The molecule has 2 N–H and O–H groups in total. The zero-order chi connectivity index (χ0) is 26.0. The molecule has 4 aliphatic carbocycles. The fourth-order valence-corrected chi connectivity index (χ4v) is 10.8. The molecular formula is C30H54O4Si. The summed E-state index contributed by atoms with van der Waals surface area (Å²) < 4.78 is 6.89. The Balaban J connectivity index is 1.49. The molecule has 0 spiro atoms. The van der Waals surface area contributed by atoms with E-state index in [2.05, 4.69) is 54.6 Å². The van der Waals surface area contributed by atoms with Gasteiger partial charge in [-0.2, -0.15) is 0 Å². The molecule has 0 aliphatic heterocycles. The maximum atomic E-state index is 11.7. The van der Waals surface area contributed by atoms with E-state index in [1.807, 2.05) is 0 Å². The van der Waals surface area contributed by atoms with Gasteiger partial charge in [0.2, 0.25) is 0 Å². The highest BCUT2D eigenvalue weighted by atomic mass is 28.4. The van der Waals surface area contributed by atoms with Crippen molar-refractivity contribution in [3.05, 3.63) is 0 Å². The van der Waals surface area contributed by atoms with Crippen molar-refractivity contribution in [1.29, 1.82) is 0 Å². The fraction of sp³-hybridized carbons (Fsp3) is 0.967. The first-order chi connectivity index (χ1) is 16.1. The van der Waals surface area contributed by atoms with Crippen LogP contribution < -0.4 is 0 Å². The molecule has 0 saturated heterocycles. The number of carboxylic acid groups (broad SMARTS) is 1. The lowest BCUT2D eigenvalue weighted by Crippen LogP contribution is -2.59. The summed E-state index contributed by atoms with van der Waals surface area (Å²) in [4.78, 5) is 11.2. The van der Waals surface area contributed by atoms with E-state index in [1.54, 1.807) is 0 Å². The number of aliphatic carboxylic acids is 1. The zero-order valence-corrected chi connectivity index (χ0v) is 24.9. The summed E-state index contributed by atoms with van der Waals surface area (Å²) in [7, 11) is -1.78. The van der Waals surface area contributed by atoms with Crippen molar-refractivity contribution >= 4 is 14.3 Å². The van der Waals surface area contributed by atoms with Gasteiger partial charge in [0, 0.05) is 12.5 Å². The summed E-state index contributed by atoms with van der Waals surface area (Å²) in [5.74, 6) is 2.57. The van der Waals surface area contributed by atoms with E-state index in [9.17, 15) is 15.0 Å². The first kappa shape index (κ1) is 27.6. The molecule has 0 aromatic heterocycles. The number of carbonyl (C=O) groups is 1. The number of rotatable bonds is 6. The maximum Gasteiger partial charge on any atom is 0.303 e. The van der Waals surface area contributed by atoms with Crippen LogP contribution in [0.1, 0.15) is 106 Å². The molecule has 4 saturated carbocycles. The SMILES string of the molecule is CC(CCC(=O)O)[C@H]1CC[C@H]2[C@@H]3[C@@H](O)C[C@@H]4C[C@H](O[Si](C)(C)C(C)(C)C)CC[C@]4(C)[C@H]3CC[C@]12C. The highest BCUT2D eigenvalue weighted by Crippen LogP contribution is 2.68. The lowest BCUT2D eigenvalue weighted by Gasteiger charge is -2.63. The lowest BCUT2D eigenvalue weighted by molar-refractivity contribution is -0.173. The van der Waals surface area contributed by atoms with Crippen molar-refractivity contribution in [2.24, 2.45) is 46.3 Å². The summed E-state index contributed by atoms with van der Waals surface area (Å²) >= 11 is 0. The lowest BCUT2D eigenvalue weighted by atomic mass is 9.43. The van der Waals surface area contributed by atoms with Gasteiger partial charge >= 0.3 is 5.97 Å². The van der Waals surface area contributed by atoms with Crippen molar-refractivity contribution in [2.45, 2.75) is 136 Å². The number of hydrogen-bond donors (Lipinski definition) is 2. The first-order valence-corrected chi connectivity index (χ1v) is 17.6. The average molecular weight is 507 g/mol. The van der Waals surface area contributed by atoms with E-state index < -0.39 is 14.3 Å². The summed E-state index contributed by atoms with van der Waals surface area (Å²) in [6.07, 6.45) is 10.6. The van der Waals surface area contributed by atoms with Gasteiger partial charge in [-0.05, 0) is 122 Å². The second kappa shape index (κ2) is 9.41. The van der Waals surface area contributed by atoms with Crippen LogP contribution in [-0.4, -0.2) is 36.7 Å². The molecule has 35 heavy (non-hydrogen) atoms. The Morgan fingerprint density at radius 1 is 1.03 bits per heavy atom. The van der Waals surface area contributed by atoms with Crippen molar-refractivity contribution < 1.29 is 19.4 Å². The van der Waals surface area contributed by atoms with Crippen molar-refractivity contribution in [3.8, 4) is 0 Å². The molecule has 0 bridgehead atoms. The Bertz CT molecular complexity index is 790. The molecule has 0 amide bonds. The van der Waals surface area contributed by atoms with Gasteiger partial charge in [0.25, 0.3) is 0 Å². The van der Waals surface area contributed by atoms with E-state index in [4.69, 9.17) is 4.43 Å². The number of aliphatic hydroxyl groups is 1. The minimum absolute atomic E-state index is 0.192. The van der Waals surface area contributed by atoms with Gasteiger partial charge in [0.1, 0.15) is 0 Å². The number of carboxylic acids is 1. The second-order valence-electron chi connectivity index (χ2n) is 15.2. The summed E-state index contributed by atoms with van der Waals surface area (Å²) in [6.45, 7) is 19.1. The quantitative estimate of drug-likeness (QED) is 0.366. The Kier molecular flexibility index (Phi) is 7.43. The van der Waals surface area contributed by atoms with Gasteiger partial charge in [-0.3, -0.25) is 4.79 Å². The predicted molar refractivity (Wildman–Crippen MR) is 145 cm³/mol. The van der Waals surface area contributed by atoms with Crippen LogP contribution in [0.5, 0.6) is 0 Å². The third-order valence-electron chi connectivity index (χ3n) is 12.5. The van der Waals surface area contributed by atoms with Crippen LogP contribution in [0.2, 0.25) is 18.1 Å². The molecule has 202 valence electrons. The molecule has 4 fully saturated rings. The summed E-state index contributed by atoms with van der Waals surface area (Å²) in [5, 5.41) is 21.1. The zero-order valence-electron chi connectivity index (χ0n) is 23.9. The minimum Gasteiger partial charge on any atom is -0.481 e. The molecule has 4 aliphatic rings. The van der Waals surface area contributed by atoms with Gasteiger partial charge in [0.05, 0.1) is 6.10 Å². The minimum atomic E-state index is -1.78. The molecule has 1 unspecified atom stereocenters. The predicted octanol–water partition coefficient (Wildman–Crippen LogP) is 7.51. The third kappa shape index (κ3) is 4.80. The number of fused-ring (bicyclic) bond motifs is 5.